The predicted octanol–water partition coefficient (Wildman–Crippen LogP) is 3.23. The van der Waals surface area contributed by atoms with Crippen LogP contribution in [0.25, 0.3) is 0 Å². The molecule has 0 saturated heterocycles. The fraction of sp³-hybridized carbons (Fsp3) is 0.545. The summed E-state index contributed by atoms with van der Waals surface area (Å²) in [6, 6.07) is 0.806. The highest BCUT2D eigenvalue weighted by Crippen LogP contribution is 2.19. The number of hydrogen-bond donors (Lipinski definition) is 1. The number of rotatable bonds is 4. The largest absolute Gasteiger partial charge is 0.406 e. The second kappa shape index (κ2) is 6.08. The van der Waals surface area contributed by atoms with Crippen LogP contribution in [-0.4, -0.2) is 29.7 Å². The van der Waals surface area contributed by atoms with Gasteiger partial charge in [-0.15, -0.1) is 0 Å². The summed E-state index contributed by atoms with van der Waals surface area (Å²) in [4.78, 5) is 12.4. The van der Waals surface area contributed by atoms with Gasteiger partial charge in [0.05, 0.1) is 0 Å². The third kappa shape index (κ3) is 5.39. The molecule has 0 radical (unpaired) electrons. The molecular formula is C11H15F3N2OS. The lowest BCUT2D eigenvalue weighted by Gasteiger charge is -2.25. The van der Waals surface area contributed by atoms with Crippen molar-refractivity contribution in [1.82, 2.24) is 10.2 Å². The zero-order valence-corrected chi connectivity index (χ0v) is 10.9. The molecule has 0 atom stereocenters. The number of nitrogens with one attached hydrogen (secondary N) is 1. The number of carbonyl (C=O) groups excluding carboxylic acids is 1. The number of nitrogens with zero attached hydrogens (tertiary/aromatic N) is 1. The second-order valence-corrected chi connectivity index (χ2v) is 4.99. The fourth-order valence-corrected chi connectivity index (χ4v) is 2.02. The lowest BCUT2D eigenvalue weighted by atomic mass is 10.3. The van der Waals surface area contributed by atoms with Crippen molar-refractivity contribution in [1.29, 1.82) is 0 Å². The molecule has 2 amide bonds. The maximum absolute atomic E-state index is 12.4. The Hall–Kier alpha value is -1.24. The van der Waals surface area contributed by atoms with E-state index in [4.69, 9.17) is 0 Å². The van der Waals surface area contributed by atoms with Crippen molar-refractivity contribution in [2.24, 2.45) is 0 Å². The Morgan fingerprint density at radius 2 is 2.17 bits per heavy atom. The summed E-state index contributed by atoms with van der Waals surface area (Å²) in [5.41, 5.74) is 0.697. The summed E-state index contributed by atoms with van der Waals surface area (Å²) in [6.07, 6.45) is -4.40. The molecular weight excluding hydrogens is 265 g/mol. The van der Waals surface area contributed by atoms with Crippen LogP contribution in [0.5, 0.6) is 0 Å². The molecule has 1 aromatic rings. The van der Waals surface area contributed by atoms with E-state index in [1.165, 1.54) is 11.3 Å². The Morgan fingerprint density at radius 3 is 2.61 bits per heavy atom. The number of thiophene rings is 1. The summed E-state index contributed by atoms with van der Waals surface area (Å²) in [5, 5.41) is 5.96. The zero-order chi connectivity index (χ0) is 13.8. The maximum atomic E-state index is 12.4. The van der Waals surface area contributed by atoms with Crippen molar-refractivity contribution < 1.29 is 18.0 Å². The zero-order valence-electron chi connectivity index (χ0n) is 10.1. The van der Waals surface area contributed by atoms with E-state index in [1.807, 2.05) is 0 Å². The monoisotopic (exact) mass is 280 g/mol. The van der Waals surface area contributed by atoms with Gasteiger partial charge >= 0.3 is 12.2 Å². The van der Waals surface area contributed by atoms with Crippen LogP contribution in [0.4, 0.5) is 18.0 Å². The standard InChI is InChI=1S/C11H15F3N2OS/c1-8(2)15-10(17)16(7-11(12,13)14)5-9-3-4-18-6-9/h3-4,6,8H,5,7H2,1-2H3,(H,15,17). The molecule has 1 rings (SSSR count). The Balaban J connectivity index is 2.71. The van der Waals surface area contributed by atoms with Gasteiger partial charge in [0.2, 0.25) is 0 Å². The minimum absolute atomic E-state index is 0.0401. The first-order valence-corrected chi connectivity index (χ1v) is 6.35. The third-order valence-electron chi connectivity index (χ3n) is 2.02. The van der Waals surface area contributed by atoms with Crippen LogP contribution >= 0.6 is 11.3 Å². The Kier molecular flexibility index (Phi) is 5.01. The number of halogens is 3. The van der Waals surface area contributed by atoms with E-state index in [1.54, 1.807) is 30.7 Å². The van der Waals surface area contributed by atoms with Gasteiger partial charge in [0.15, 0.2) is 0 Å². The maximum Gasteiger partial charge on any atom is 0.406 e. The van der Waals surface area contributed by atoms with Gasteiger partial charge in [0.1, 0.15) is 6.54 Å². The summed E-state index contributed by atoms with van der Waals surface area (Å²) in [6.45, 7) is 2.12. The van der Waals surface area contributed by atoms with Gasteiger partial charge in [0, 0.05) is 12.6 Å². The van der Waals surface area contributed by atoms with Crippen LogP contribution < -0.4 is 5.32 Å². The molecule has 7 heteroatoms. The Morgan fingerprint density at radius 1 is 1.50 bits per heavy atom. The first-order valence-electron chi connectivity index (χ1n) is 5.41. The summed E-state index contributed by atoms with van der Waals surface area (Å²) >= 11 is 1.39. The highest BCUT2D eigenvalue weighted by atomic mass is 32.1. The van der Waals surface area contributed by atoms with Crippen molar-refractivity contribution in [2.75, 3.05) is 6.54 Å². The van der Waals surface area contributed by atoms with E-state index in [0.29, 0.717) is 5.56 Å². The van der Waals surface area contributed by atoms with Gasteiger partial charge in [-0.05, 0) is 36.2 Å². The molecule has 1 heterocycles. The number of hydrogen-bond acceptors (Lipinski definition) is 2. The summed E-state index contributed by atoms with van der Waals surface area (Å²) < 4.78 is 37.2. The minimum Gasteiger partial charge on any atom is -0.336 e. The molecule has 3 nitrogen and oxygen atoms in total. The summed E-state index contributed by atoms with van der Waals surface area (Å²) in [7, 11) is 0. The smallest absolute Gasteiger partial charge is 0.336 e. The molecule has 102 valence electrons. The predicted molar refractivity (Wildman–Crippen MR) is 64.5 cm³/mol. The topological polar surface area (TPSA) is 32.3 Å². The van der Waals surface area contributed by atoms with Gasteiger partial charge < -0.3 is 10.2 Å². The van der Waals surface area contributed by atoms with Crippen molar-refractivity contribution in [3.05, 3.63) is 22.4 Å². The average Bonchev–Trinajstić information content (AvgIpc) is 2.66. The number of amides is 2. The summed E-state index contributed by atoms with van der Waals surface area (Å²) in [5.74, 6) is 0. The fourth-order valence-electron chi connectivity index (χ4n) is 1.36. The molecule has 0 fully saturated rings. The van der Waals surface area contributed by atoms with Crippen LogP contribution in [0.15, 0.2) is 16.8 Å². The number of alkyl halides is 3. The molecule has 0 unspecified atom stereocenters. The first kappa shape index (κ1) is 14.8. The lowest BCUT2D eigenvalue weighted by Crippen LogP contribution is -2.46. The van der Waals surface area contributed by atoms with Crippen LogP contribution in [0.2, 0.25) is 0 Å². The highest BCUT2D eigenvalue weighted by Gasteiger charge is 2.33. The van der Waals surface area contributed by atoms with E-state index < -0.39 is 18.8 Å². The lowest BCUT2D eigenvalue weighted by molar-refractivity contribution is -0.141. The molecule has 18 heavy (non-hydrogen) atoms. The van der Waals surface area contributed by atoms with Crippen LogP contribution in [0.3, 0.4) is 0 Å². The minimum atomic E-state index is -4.40. The molecule has 0 aliphatic rings. The van der Waals surface area contributed by atoms with Gasteiger partial charge in [0.25, 0.3) is 0 Å². The molecule has 0 aliphatic carbocycles. The van der Waals surface area contributed by atoms with Gasteiger partial charge in [-0.1, -0.05) is 0 Å². The third-order valence-corrected chi connectivity index (χ3v) is 2.76. The molecule has 0 aromatic carbocycles. The van der Waals surface area contributed by atoms with Crippen LogP contribution in [0, 0.1) is 0 Å². The highest BCUT2D eigenvalue weighted by molar-refractivity contribution is 7.07. The molecule has 0 saturated carbocycles. The van der Waals surface area contributed by atoms with Crippen molar-refractivity contribution in [3.63, 3.8) is 0 Å². The SMILES string of the molecule is CC(C)NC(=O)N(Cc1ccsc1)CC(F)(F)F. The van der Waals surface area contributed by atoms with Crippen LogP contribution in [-0.2, 0) is 6.54 Å². The normalized spacial score (nSPS) is 11.7. The Labute approximate surface area is 108 Å². The average molecular weight is 280 g/mol. The van der Waals surface area contributed by atoms with Crippen molar-refractivity contribution >= 4 is 17.4 Å². The molecule has 1 N–H and O–H groups in total. The van der Waals surface area contributed by atoms with Crippen molar-refractivity contribution in [3.8, 4) is 0 Å². The second-order valence-electron chi connectivity index (χ2n) is 4.21. The van der Waals surface area contributed by atoms with E-state index in [9.17, 15) is 18.0 Å². The van der Waals surface area contributed by atoms with E-state index >= 15 is 0 Å². The van der Waals surface area contributed by atoms with E-state index in [0.717, 1.165) is 4.90 Å². The molecule has 0 aliphatic heterocycles. The van der Waals surface area contributed by atoms with Crippen molar-refractivity contribution in [2.45, 2.75) is 32.6 Å². The molecule has 0 bridgehead atoms. The van der Waals surface area contributed by atoms with Crippen LogP contribution in [0.1, 0.15) is 19.4 Å². The number of carbonyl (C=O) groups is 1. The Bertz CT molecular complexity index is 376. The van der Waals surface area contributed by atoms with Gasteiger partial charge in [-0.2, -0.15) is 24.5 Å². The van der Waals surface area contributed by atoms with E-state index in [2.05, 4.69) is 5.32 Å². The molecule has 0 spiro atoms. The van der Waals surface area contributed by atoms with Gasteiger partial charge in [-0.25, -0.2) is 4.79 Å². The quantitative estimate of drug-likeness (QED) is 0.902. The number of urea groups is 1. The molecule has 1 aromatic heterocycles. The van der Waals surface area contributed by atoms with Gasteiger partial charge in [-0.3, -0.25) is 0 Å². The van der Waals surface area contributed by atoms with E-state index in [-0.39, 0.29) is 12.6 Å². The first-order chi connectivity index (χ1) is 8.28.